The highest BCUT2D eigenvalue weighted by Gasteiger charge is 2.23. The molecule has 1 unspecified atom stereocenters. The minimum atomic E-state index is -0.618. The molecule has 0 fully saturated rings. The standard InChI is InChI=1S/C17H20FNO/c1-3-20-15-10-8-14(9-11-15)17(2,19)12-13-6-4-5-7-16(13)18/h4-11H,3,12,19H2,1-2H3. The summed E-state index contributed by atoms with van der Waals surface area (Å²) in [7, 11) is 0. The van der Waals surface area contributed by atoms with Gasteiger partial charge >= 0.3 is 0 Å². The summed E-state index contributed by atoms with van der Waals surface area (Å²) in [5, 5.41) is 0. The molecule has 1 atom stereocenters. The number of rotatable bonds is 5. The van der Waals surface area contributed by atoms with Gasteiger partial charge in [-0.15, -0.1) is 0 Å². The molecule has 106 valence electrons. The minimum Gasteiger partial charge on any atom is -0.494 e. The Kier molecular flexibility index (Phi) is 4.40. The fraction of sp³-hybridized carbons (Fsp3) is 0.294. The Balaban J connectivity index is 2.19. The molecule has 0 aliphatic heterocycles. The van der Waals surface area contributed by atoms with E-state index in [9.17, 15) is 4.39 Å². The second-order valence-electron chi connectivity index (χ2n) is 5.14. The summed E-state index contributed by atoms with van der Waals surface area (Å²) in [5.41, 5.74) is 7.33. The first kappa shape index (κ1) is 14.5. The van der Waals surface area contributed by atoms with Crippen LogP contribution in [0.4, 0.5) is 4.39 Å². The molecule has 0 bridgehead atoms. The van der Waals surface area contributed by atoms with Gasteiger partial charge in [-0.2, -0.15) is 0 Å². The molecule has 0 heterocycles. The van der Waals surface area contributed by atoms with Crippen molar-refractivity contribution in [2.45, 2.75) is 25.8 Å². The van der Waals surface area contributed by atoms with Crippen LogP contribution in [0.25, 0.3) is 0 Å². The van der Waals surface area contributed by atoms with Crippen LogP contribution < -0.4 is 10.5 Å². The summed E-state index contributed by atoms with van der Waals surface area (Å²) in [6.45, 7) is 4.49. The van der Waals surface area contributed by atoms with E-state index in [0.29, 0.717) is 18.6 Å². The molecule has 2 rings (SSSR count). The van der Waals surface area contributed by atoms with Crippen LogP contribution >= 0.6 is 0 Å². The molecule has 0 amide bonds. The van der Waals surface area contributed by atoms with E-state index < -0.39 is 5.54 Å². The van der Waals surface area contributed by atoms with E-state index in [0.717, 1.165) is 11.3 Å². The van der Waals surface area contributed by atoms with Gasteiger partial charge in [0.25, 0.3) is 0 Å². The van der Waals surface area contributed by atoms with Gasteiger partial charge in [0.1, 0.15) is 11.6 Å². The summed E-state index contributed by atoms with van der Waals surface area (Å²) in [6, 6.07) is 14.4. The zero-order valence-corrected chi connectivity index (χ0v) is 11.9. The van der Waals surface area contributed by atoms with Crippen LogP contribution in [0.2, 0.25) is 0 Å². The van der Waals surface area contributed by atoms with Gasteiger partial charge in [0.2, 0.25) is 0 Å². The Bertz CT molecular complexity index is 563. The van der Waals surface area contributed by atoms with Crippen molar-refractivity contribution in [3.63, 3.8) is 0 Å². The van der Waals surface area contributed by atoms with E-state index >= 15 is 0 Å². The number of halogens is 1. The molecular weight excluding hydrogens is 253 g/mol. The second kappa shape index (κ2) is 6.06. The molecular formula is C17H20FNO. The Morgan fingerprint density at radius 1 is 1.10 bits per heavy atom. The van der Waals surface area contributed by atoms with Gasteiger partial charge in [-0.05, 0) is 49.6 Å². The third kappa shape index (κ3) is 3.36. The van der Waals surface area contributed by atoms with Crippen LogP contribution in [0.1, 0.15) is 25.0 Å². The summed E-state index contributed by atoms with van der Waals surface area (Å²) >= 11 is 0. The largest absolute Gasteiger partial charge is 0.494 e. The SMILES string of the molecule is CCOc1ccc(C(C)(N)Cc2ccccc2F)cc1. The Labute approximate surface area is 119 Å². The van der Waals surface area contributed by atoms with E-state index in [1.165, 1.54) is 6.07 Å². The monoisotopic (exact) mass is 273 g/mol. The Morgan fingerprint density at radius 3 is 2.35 bits per heavy atom. The van der Waals surface area contributed by atoms with Crippen LogP contribution in [0, 0.1) is 5.82 Å². The average molecular weight is 273 g/mol. The summed E-state index contributed by atoms with van der Waals surface area (Å²) in [4.78, 5) is 0. The molecule has 2 nitrogen and oxygen atoms in total. The quantitative estimate of drug-likeness (QED) is 0.902. The van der Waals surface area contributed by atoms with Crippen LogP contribution in [-0.2, 0) is 12.0 Å². The topological polar surface area (TPSA) is 35.2 Å². The van der Waals surface area contributed by atoms with E-state index in [-0.39, 0.29) is 5.82 Å². The fourth-order valence-electron chi connectivity index (χ4n) is 2.24. The molecule has 0 radical (unpaired) electrons. The van der Waals surface area contributed by atoms with Gasteiger partial charge in [0, 0.05) is 5.54 Å². The first-order valence-corrected chi connectivity index (χ1v) is 6.78. The maximum atomic E-state index is 13.7. The van der Waals surface area contributed by atoms with Crippen LogP contribution in [-0.4, -0.2) is 6.61 Å². The lowest BCUT2D eigenvalue weighted by Crippen LogP contribution is -2.35. The number of benzene rings is 2. The van der Waals surface area contributed by atoms with Crippen molar-refractivity contribution >= 4 is 0 Å². The highest BCUT2D eigenvalue weighted by molar-refractivity contribution is 5.33. The highest BCUT2D eigenvalue weighted by atomic mass is 19.1. The Morgan fingerprint density at radius 2 is 1.75 bits per heavy atom. The van der Waals surface area contributed by atoms with Crippen molar-refractivity contribution in [2.75, 3.05) is 6.61 Å². The maximum Gasteiger partial charge on any atom is 0.126 e. The third-order valence-corrected chi connectivity index (χ3v) is 3.34. The molecule has 0 spiro atoms. The van der Waals surface area contributed by atoms with Crippen molar-refractivity contribution in [3.05, 3.63) is 65.5 Å². The lowest BCUT2D eigenvalue weighted by Gasteiger charge is -2.26. The third-order valence-electron chi connectivity index (χ3n) is 3.34. The van der Waals surface area contributed by atoms with E-state index in [1.54, 1.807) is 12.1 Å². The highest BCUT2D eigenvalue weighted by Crippen LogP contribution is 2.25. The van der Waals surface area contributed by atoms with Crippen LogP contribution in [0.5, 0.6) is 5.75 Å². The van der Waals surface area contributed by atoms with Crippen LogP contribution in [0.15, 0.2) is 48.5 Å². The summed E-state index contributed by atoms with van der Waals surface area (Å²) in [5.74, 6) is 0.605. The van der Waals surface area contributed by atoms with Crippen LogP contribution in [0.3, 0.4) is 0 Å². The molecule has 0 saturated heterocycles. The van der Waals surface area contributed by atoms with E-state index in [2.05, 4.69) is 0 Å². The normalized spacial score (nSPS) is 13.8. The van der Waals surface area contributed by atoms with Crippen molar-refractivity contribution in [3.8, 4) is 5.75 Å². The van der Waals surface area contributed by atoms with Gasteiger partial charge in [-0.3, -0.25) is 0 Å². The smallest absolute Gasteiger partial charge is 0.126 e. The average Bonchev–Trinajstić information content (AvgIpc) is 2.42. The van der Waals surface area contributed by atoms with E-state index in [1.807, 2.05) is 44.2 Å². The molecule has 3 heteroatoms. The molecule has 0 aliphatic rings. The first-order chi connectivity index (χ1) is 9.53. The molecule has 0 saturated carbocycles. The number of ether oxygens (including phenoxy) is 1. The lowest BCUT2D eigenvalue weighted by molar-refractivity contribution is 0.340. The Hall–Kier alpha value is -1.87. The zero-order valence-electron chi connectivity index (χ0n) is 11.9. The summed E-state index contributed by atoms with van der Waals surface area (Å²) in [6.07, 6.45) is 0.452. The fourth-order valence-corrected chi connectivity index (χ4v) is 2.24. The van der Waals surface area contributed by atoms with Gasteiger partial charge in [-0.25, -0.2) is 4.39 Å². The van der Waals surface area contributed by atoms with Crippen molar-refractivity contribution in [1.82, 2.24) is 0 Å². The molecule has 2 aromatic carbocycles. The van der Waals surface area contributed by atoms with Gasteiger partial charge < -0.3 is 10.5 Å². The molecule has 2 aromatic rings. The summed E-state index contributed by atoms with van der Waals surface area (Å²) < 4.78 is 19.1. The van der Waals surface area contributed by atoms with Crippen molar-refractivity contribution in [1.29, 1.82) is 0 Å². The van der Waals surface area contributed by atoms with Gasteiger partial charge in [0.15, 0.2) is 0 Å². The van der Waals surface area contributed by atoms with Gasteiger partial charge in [0.05, 0.1) is 6.61 Å². The molecule has 0 aromatic heterocycles. The van der Waals surface area contributed by atoms with Crippen molar-refractivity contribution < 1.29 is 9.13 Å². The predicted molar refractivity (Wildman–Crippen MR) is 79.3 cm³/mol. The van der Waals surface area contributed by atoms with Gasteiger partial charge in [-0.1, -0.05) is 30.3 Å². The first-order valence-electron chi connectivity index (χ1n) is 6.78. The van der Waals surface area contributed by atoms with Crippen molar-refractivity contribution in [2.24, 2.45) is 5.73 Å². The molecule has 20 heavy (non-hydrogen) atoms. The predicted octanol–water partition coefficient (Wildman–Crippen LogP) is 3.64. The minimum absolute atomic E-state index is 0.213. The number of hydrogen-bond acceptors (Lipinski definition) is 2. The maximum absolute atomic E-state index is 13.7. The van der Waals surface area contributed by atoms with E-state index in [4.69, 9.17) is 10.5 Å². The zero-order chi connectivity index (χ0) is 14.6. The molecule has 0 aliphatic carbocycles. The molecule has 2 N–H and O–H groups in total. The lowest BCUT2D eigenvalue weighted by atomic mass is 9.86. The number of hydrogen-bond donors (Lipinski definition) is 1. The second-order valence-corrected chi connectivity index (χ2v) is 5.14. The number of nitrogens with two attached hydrogens (primary N) is 1.